The van der Waals surface area contributed by atoms with Gasteiger partial charge in [0.05, 0.1) is 16.7 Å². The molecule has 3 aromatic rings. The third kappa shape index (κ3) is 3.76. The molecular formula is C15H7F6N3O2. The molecule has 2 heterocycles. The normalized spacial score (nSPS) is 12.2. The highest BCUT2D eigenvalue weighted by Gasteiger charge is 2.36. The maximum absolute atomic E-state index is 13.1. The van der Waals surface area contributed by atoms with Crippen LogP contribution < -0.4 is 4.74 Å². The second-order valence-electron chi connectivity index (χ2n) is 4.88. The van der Waals surface area contributed by atoms with Crippen molar-refractivity contribution < 1.29 is 35.5 Å². The van der Waals surface area contributed by atoms with Crippen LogP contribution in [0.25, 0.3) is 22.9 Å². The van der Waals surface area contributed by atoms with Crippen molar-refractivity contribution in [2.45, 2.75) is 12.5 Å². The van der Waals surface area contributed by atoms with E-state index in [1.807, 2.05) is 0 Å². The Morgan fingerprint density at radius 1 is 0.846 bits per heavy atom. The molecule has 0 amide bonds. The summed E-state index contributed by atoms with van der Waals surface area (Å²) in [5.74, 6) is -1.60. The molecule has 3 rings (SSSR count). The number of ether oxygens (including phenoxy) is 1. The highest BCUT2D eigenvalue weighted by atomic mass is 19.4. The molecule has 0 aliphatic heterocycles. The van der Waals surface area contributed by atoms with E-state index in [2.05, 4.69) is 19.9 Å². The number of pyridine rings is 1. The molecule has 0 spiro atoms. The van der Waals surface area contributed by atoms with E-state index < -0.39 is 41.2 Å². The van der Waals surface area contributed by atoms with Crippen molar-refractivity contribution in [3.63, 3.8) is 0 Å². The first-order valence-electron chi connectivity index (χ1n) is 6.85. The molecule has 1 aromatic carbocycles. The zero-order valence-corrected chi connectivity index (χ0v) is 12.5. The standard InChI is InChI=1S/C15H7F6N3O2/c16-14(17,18)10-5-6-22-7-9(10)13-24-23-12(25-13)8-3-1-2-4-11(8)26-15(19,20)21/h1-7H. The lowest BCUT2D eigenvalue weighted by Crippen LogP contribution is -2.17. The molecule has 2 aromatic heterocycles. The molecule has 0 fully saturated rings. The zero-order valence-electron chi connectivity index (χ0n) is 12.5. The summed E-state index contributed by atoms with van der Waals surface area (Å²) in [4.78, 5) is 3.58. The van der Waals surface area contributed by atoms with Crippen LogP contribution in [-0.4, -0.2) is 21.5 Å². The summed E-state index contributed by atoms with van der Waals surface area (Å²) in [7, 11) is 0. The fourth-order valence-corrected chi connectivity index (χ4v) is 2.11. The van der Waals surface area contributed by atoms with Crippen LogP contribution in [0.1, 0.15) is 5.56 Å². The van der Waals surface area contributed by atoms with E-state index in [9.17, 15) is 26.3 Å². The first-order chi connectivity index (χ1) is 12.1. The lowest BCUT2D eigenvalue weighted by atomic mass is 10.1. The van der Waals surface area contributed by atoms with Gasteiger partial charge in [-0.25, -0.2) is 0 Å². The van der Waals surface area contributed by atoms with Crippen LogP contribution in [0, 0.1) is 0 Å². The Kier molecular flexibility index (Phi) is 4.30. The summed E-state index contributed by atoms with van der Waals surface area (Å²) in [6.45, 7) is 0. The number of halogens is 6. The lowest BCUT2D eigenvalue weighted by Gasteiger charge is -2.11. The van der Waals surface area contributed by atoms with E-state index in [0.29, 0.717) is 0 Å². The van der Waals surface area contributed by atoms with Crippen LogP contribution in [0.2, 0.25) is 0 Å². The average molecular weight is 375 g/mol. The average Bonchev–Trinajstić information content (AvgIpc) is 3.03. The molecule has 0 saturated heterocycles. The Hall–Kier alpha value is -3.11. The van der Waals surface area contributed by atoms with Crippen molar-refractivity contribution in [2.24, 2.45) is 0 Å². The van der Waals surface area contributed by atoms with Gasteiger partial charge in [0.2, 0.25) is 5.89 Å². The van der Waals surface area contributed by atoms with Gasteiger partial charge < -0.3 is 9.15 Å². The van der Waals surface area contributed by atoms with Crippen molar-refractivity contribution in [2.75, 3.05) is 0 Å². The second-order valence-corrected chi connectivity index (χ2v) is 4.88. The van der Waals surface area contributed by atoms with Gasteiger partial charge in [-0.2, -0.15) is 13.2 Å². The summed E-state index contributed by atoms with van der Waals surface area (Å²) in [6.07, 6.45) is -7.86. The second kappa shape index (κ2) is 6.32. The third-order valence-electron chi connectivity index (χ3n) is 3.13. The molecule has 0 N–H and O–H groups in total. The largest absolute Gasteiger partial charge is 0.573 e. The number of benzene rings is 1. The summed E-state index contributed by atoms with van der Waals surface area (Å²) >= 11 is 0. The fourth-order valence-electron chi connectivity index (χ4n) is 2.11. The minimum Gasteiger partial charge on any atom is -0.416 e. The van der Waals surface area contributed by atoms with Crippen LogP contribution in [-0.2, 0) is 6.18 Å². The van der Waals surface area contributed by atoms with Gasteiger partial charge in [-0.1, -0.05) is 12.1 Å². The molecule has 0 radical (unpaired) electrons. The predicted molar refractivity (Wildman–Crippen MR) is 74.7 cm³/mol. The highest BCUT2D eigenvalue weighted by molar-refractivity contribution is 5.65. The molecule has 0 bridgehead atoms. The fraction of sp³-hybridized carbons (Fsp3) is 0.133. The third-order valence-corrected chi connectivity index (χ3v) is 3.13. The van der Waals surface area contributed by atoms with E-state index in [1.54, 1.807) is 0 Å². The van der Waals surface area contributed by atoms with Gasteiger partial charge in [0.25, 0.3) is 5.89 Å². The lowest BCUT2D eigenvalue weighted by molar-refractivity contribution is -0.274. The van der Waals surface area contributed by atoms with Gasteiger partial charge in [-0.3, -0.25) is 4.98 Å². The molecule has 26 heavy (non-hydrogen) atoms. The Morgan fingerprint density at radius 3 is 2.15 bits per heavy atom. The molecule has 0 atom stereocenters. The van der Waals surface area contributed by atoms with Crippen molar-refractivity contribution >= 4 is 0 Å². The molecule has 136 valence electrons. The Balaban J connectivity index is 2.03. The summed E-state index contributed by atoms with van der Waals surface area (Å²) < 4.78 is 85.6. The van der Waals surface area contributed by atoms with Gasteiger partial charge in [-0.15, -0.1) is 23.4 Å². The topological polar surface area (TPSA) is 61.0 Å². The summed E-state index contributed by atoms with van der Waals surface area (Å²) in [5, 5.41) is 7.00. The zero-order chi connectivity index (χ0) is 18.9. The Labute approximate surface area is 141 Å². The number of hydrogen-bond acceptors (Lipinski definition) is 5. The van der Waals surface area contributed by atoms with Crippen LogP contribution in [0.5, 0.6) is 5.75 Å². The number of para-hydroxylation sites is 1. The molecule has 5 nitrogen and oxygen atoms in total. The van der Waals surface area contributed by atoms with Crippen molar-refractivity contribution in [1.29, 1.82) is 0 Å². The van der Waals surface area contributed by atoms with Crippen molar-refractivity contribution in [3.8, 4) is 28.7 Å². The van der Waals surface area contributed by atoms with Gasteiger partial charge in [0, 0.05) is 12.4 Å². The number of alkyl halides is 6. The van der Waals surface area contributed by atoms with E-state index in [0.717, 1.165) is 24.5 Å². The molecule has 0 aliphatic rings. The van der Waals surface area contributed by atoms with E-state index in [-0.39, 0.29) is 5.56 Å². The molecule has 0 unspecified atom stereocenters. The predicted octanol–water partition coefficient (Wildman–Crippen LogP) is 4.72. The summed E-state index contributed by atoms with van der Waals surface area (Å²) in [5.41, 5.74) is -1.78. The minimum atomic E-state index is -4.97. The maximum atomic E-state index is 13.1. The van der Waals surface area contributed by atoms with Crippen LogP contribution in [0.15, 0.2) is 47.1 Å². The van der Waals surface area contributed by atoms with Crippen molar-refractivity contribution in [3.05, 3.63) is 48.3 Å². The molecular weight excluding hydrogens is 368 g/mol. The van der Waals surface area contributed by atoms with Gasteiger partial charge in [-0.05, 0) is 18.2 Å². The highest BCUT2D eigenvalue weighted by Crippen LogP contribution is 2.38. The molecule has 0 aliphatic carbocycles. The Morgan fingerprint density at radius 2 is 1.50 bits per heavy atom. The van der Waals surface area contributed by atoms with E-state index in [1.165, 1.54) is 18.2 Å². The SMILES string of the molecule is FC(F)(F)Oc1ccccc1-c1nnc(-c2cnccc2C(F)(F)F)o1. The van der Waals surface area contributed by atoms with Crippen LogP contribution in [0.3, 0.4) is 0 Å². The molecule has 0 saturated carbocycles. The Bertz CT molecular complexity index is 920. The minimum absolute atomic E-state index is 0.221. The van der Waals surface area contributed by atoms with E-state index >= 15 is 0 Å². The van der Waals surface area contributed by atoms with Gasteiger partial charge >= 0.3 is 12.5 Å². The van der Waals surface area contributed by atoms with Gasteiger partial charge in [0.1, 0.15) is 5.75 Å². The number of nitrogens with zero attached hydrogens (tertiary/aromatic N) is 3. The van der Waals surface area contributed by atoms with Crippen LogP contribution >= 0.6 is 0 Å². The number of aromatic nitrogens is 3. The van der Waals surface area contributed by atoms with Crippen molar-refractivity contribution in [1.82, 2.24) is 15.2 Å². The first kappa shape index (κ1) is 17.7. The smallest absolute Gasteiger partial charge is 0.416 e. The first-order valence-corrected chi connectivity index (χ1v) is 6.85. The quantitative estimate of drug-likeness (QED) is 0.620. The van der Waals surface area contributed by atoms with Gasteiger partial charge in [0.15, 0.2) is 0 Å². The summed E-state index contributed by atoms with van der Waals surface area (Å²) in [6, 6.07) is 5.60. The van der Waals surface area contributed by atoms with Crippen LogP contribution in [0.4, 0.5) is 26.3 Å². The number of rotatable bonds is 3. The monoisotopic (exact) mass is 375 g/mol. The van der Waals surface area contributed by atoms with E-state index in [4.69, 9.17) is 4.42 Å². The maximum Gasteiger partial charge on any atom is 0.573 e. The number of hydrogen-bond donors (Lipinski definition) is 0. The molecule has 11 heteroatoms.